The highest BCUT2D eigenvalue weighted by Crippen LogP contribution is 2.40. The summed E-state index contributed by atoms with van der Waals surface area (Å²) in [5, 5.41) is 2.99. The number of carbonyl (C=O) groups excluding carboxylic acids is 1. The highest BCUT2D eigenvalue weighted by atomic mass is 16.5. The van der Waals surface area contributed by atoms with E-state index >= 15 is 0 Å². The van der Waals surface area contributed by atoms with Crippen molar-refractivity contribution in [2.45, 2.75) is 46.5 Å². The number of nitrogens with one attached hydrogen (secondary N) is 1. The fourth-order valence-corrected chi connectivity index (χ4v) is 3.28. The van der Waals surface area contributed by atoms with Crippen molar-refractivity contribution in [2.75, 3.05) is 25.6 Å². The van der Waals surface area contributed by atoms with Gasteiger partial charge in [0.15, 0.2) is 0 Å². The molecule has 1 aliphatic carbocycles. The Bertz CT molecular complexity index is 532. The van der Waals surface area contributed by atoms with E-state index in [-0.39, 0.29) is 11.8 Å². The number of methoxy groups -OCH3 is 1. The standard InChI is InChI=1S/C19H30N2O3/c1-19(2,3)15-9-7-14(8-10-15)17(22)21-16-6-5-11-20-18(16)24-13-12-23-4/h5-6,11,14-15H,7-10,12-13H2,1-4H3,(H,21,22). The molecule has 1 aromatic rings. The fourth-order valence-electron chi connectivity index (χ4n) is 3.28. The molecule has 0 unspecified atom stereocenters. The van der Waals surface area contributed by atoms with Gasteiger partial charge in [-0.25, -0.2) is 4.98 Å². The molecular weight excluding hydrogens is 304 g/mol. The lowest BCUT2D eigenvalue weighted by atomic mass is 9.69. The van der Waals surface area contributed by atoms with Crippen LogP contribution in [0.2, 0.25) is 0 Å². The van der Waals surface area contributed by atoms with Gasteiger partial charge in [0.05, 0.1) is 6.61 Å². The Balaban J connectivity index is 1.91. The Labute approximate surface area is 145 Å². The van der Waals surface area contributed by atoms with Crippen LogP contribution in [0.25, 0.3) is 0 Å². The van der Waals surface area contributed by atoms with E-state index in [0.717, 1.165) is 25.7 Å². The Morgan fingerprint density at radius 1 is 1.25 bits per heavy atom. The summed E-state index contributed by atoms with van der Waals surface area (Å²) in [6.45, 7) is 7.76. The van der Waals surface area contributed by atoms with Gasteiger partial charge in [0.2, 0.25) is 11.8 Å². The van der Waals surface area contributed by atoms with E-state index < -0.39 is 0 Å². The molecule has 5 heteroatoms. The second-order valence-electron chi connectivity index (χ2n) is 7.60. The minimum absolute atomic E-state index is 0.0759. The maximum atomic E-state index is 12.6. The maximum absolute atomic E-state index is 12.6. The topological polar surface area (TPSA) is 60.5 Å². The van der Waals surface area contributed by atoms with Gasteiger partial charge in [-0.15, -0.1) is 0 Å². The van der Waals surface area contributed by atoms with Gasteiger partial charge < -0.3 is 14.8 Å². The Morgan fingerprint density at radius 2 is 1.96 bits per heavy atom. The largest absolute Gasteiger partial charge is 0.474 e. The predicted molar refractivity (Wildman–Crippen MR) is 95.1 cm³/mol. The van der Waals surface area contributed by atoms with E-state index in [4.69, 9.17) is 9.47 Å². The third-order valence-corrected chi connectivity index (χ3v) is 4.88. The van der Waals surface area contributed by atoms with E-state index in [1.165, 1.54) is 0 Å². The molecule has 0 bridgehead atoms. The number of aromatic nitrogens is 1. The number of hydrogen-bond donors (Lipinski definition) is 1. The first-order chi connectivity index (χ1) is 11.4. The van der Waals surface area contributed by atoms with Gasteiger partial charge >= 0.3 is 0 Å². The van der Waals surface area contributed by atoms with Gasteiger partial charge in [-0.1, -0.05) is 20.8 Å². The number of rotatable bonds is 6. The first-order valence-corrected chi connectivity index (χ1v) is 8.79. The van der Waals surface area contributed by atoms with Crippen molar-refractivity contribution < 1.29 is 14.3 Å². The zero-order chi connectivity index (χ0) is 17.6. The number of carbonyl (C=O) groups is 1. The van der Waals surface area contributed by atoms with E-state index in [9.17, 15) is 4.79 Å². The maximum Gasteiger partial charge on any atom is 0.237 e. The van der Waals surface area contributed by atoms with Crippen LogP contribution < -0.4 is 10.1 Å². The van der Waals surface area contributed by atoms with Crippen molar-refractivity contribution in [2.24, 2.45) is 17.3 Å². The molecule has 0 spiro atoms. The van der Waals surface area contributed by atoms with Gasteiger partial charge in [-0.05, 0) is 49.1 Å². The van der Waals surface area contributed by atoms with Crippen molar-refractivity contribution >= 4 is 11.6 Å². The molecule has 1 fully saturated rings. The first-order valence-electron chi connectivity index (χ1n) is 8.79. The van der Waals surface area contributed by atoms with Gasteiger partial charge in [-0.2, -0.15) is 0 Å². The van der Waals surface area contributed by atoms with Crippen LogP contribution in [0.4, 0.5) is 5.69 Å². The summed E-state index contributed by atoms with van der Waals surface area (Å²) in [6.07, 6.45) is 5.80. The lowest BCUT2D eigenvalue weighted by molar-refractivity contribution is -0.121. The molecule has 5 nitrogen and oxygen atoms in total. The van der Waals surface area contributed by atoms with Gasteiger partial charge in [-0.3, -0.25) is 4.79 Å². The second-order valence-corrected chi connectivity index (χ2v) is 7.60. The minimum Gasteiger partial charge on any atom is -0.474 e. The molecule has 0 atom stereocenters. The van der Waals surface area contributed by atoms with Crippen molar-refractivity contribution in [3.63, 3.8) is 0 Å². The summed E-state index contributed by atoms with van der Waals surface area (Å²) in [5.41, 5.74) is 0.962. The average Bonchev–Trinajstić information content (AvgIpc) is 2.56. The number of hydrogen-bond acceptors (Lipinski definition) is 4. The zero-order valence-corrected chi connectivity index (χ0v) is 15.3. The monoisotopic (exact) mass is 334 g/mol. The number of anilines is 1. The number of amides is 1. The van der Waals surface area contributed by atoms with Gasteiger partial charge in [0, 0.05) is 19.2 Å². The summed E-state index contributed by atoms with van der Waals surface area (Å²) >= 11 is 0. The minimum atomic E-state index is 0.0759. The quantitative estimate of drug-likeness (QED) is 0.802. The van der Waals surface area contributed by atoms with E-state index in [2.05, 4.69) is 31.1 Å². The third-order valence-electron chi connectivity index (χ3n) is 4.88. The number of pyridine rings is 1. The van der Waals surface area contributed by atoms with Crippen molar-refractivity contribution in [3.05, 3.63) is 18.3 Å². The smallest absolute Gasteiger partial charge is 0.237 e. The first kappa shape index (κ1) is 18.7. The van der Waals surface area contributed by atoms with Crippen LogP contribution in [0.3, 0.4) is 0 Å². The van der Waals surface area contributed by atoms with Crippen LogP contribution in [0.15, 0.2) is 18.3 Å². The van der Waals surface area contributed by atoms with E-state index in [1.807, 2.05) is 6.07 Å². The third kappa shape index (κ3) is 5.20. The second kappa shape index (κ2) is 8.47. The summed E-state index contributed by atoms with van der Waals surface area (Å²) in [5.74, 6) is 1.31. The molecule has 1 amide bonds. The molecule has 0 aromatic carbocycles. The Hall–Kier alpha value is -1.62. The van der Waals surface area contributed by atoms with Crippen LogP contribution in [0.5, 0.6) is 5.88 Å². The summed E-state index contributed by atoms with van der Waals surface area (Å²) in [7, 11) is 1.62. The molecule has 0 aliphatic heterocycles. The number of nitrogens with zero attached hydrogens (tertiary/aromatic N) is 1. The molecule has 0 saturated heterocycles. The zero-order valence-electron chi connectivity index (χ0n) is 15.3. The summed E-state index contributed by atoms with van der Waals surface area (Å²) in [6, 6.07) is 3.63. The number of ether oxygens (including phenoxy) is 2. The molecular formula is C19H30N2O3. The molecule has 134 valence electrons. The highest BCUT2D eigenvalue weighted by Gasteiger charge is 2.32. The van der Waals surface area contributed by atoms with Gasteiger partial charge in [0.25, 0.3) is 0 Å². The van der Waals surface area contributed by atoms with Crippen molar-refractivity contribution in [3.8, 4) is 5.88 Å². The molecule has 1 aliphatic rings. The summed E-state index contributed by atoms with van der Waals surface area (Å²) < 4.78 is 10.6. The summed E-state index contributed by atoms with van der Waals surface area (Å²) in [4.78, 5) is 16.8. The molecule has 24 heavy (non-hydrogen) atoms. The van der Waals surface area contributed by atoms with Gasteiger partial charge in [0.1, 0.15) is 12.3 Å². The molecule has 0 radical (unpaired) electrons. The predicted octanol–water partition coefficient (Wildman–Crippen LogP) is 3.90. The van der Waals surface area contributed by atoms with Crippen LogP contribution in [-0.4, -0.2) is 31.2 Å². The normalized spacial score (nSPS) is 21.3. The van der Waals surface area contributed by atoms with Crippen LogP contribution in [0.1, 0.15) is 46.5 Å². The molecule has 1 aromatic heterocycles. The molecule has 1 N–H and O–H groups in total. The fraction of sp³-hybridized carbons (Fsp3) is 0.684. The van der Waals surface area contributed by atoms with Crippen molar-refractivity contribution in [1.29, 1.82) is 0 Å². The van der Waals surface area contributed by atoms with E-state index in [1.54, 1.807) is 19.4 Å². The molecule has 2 rings (SSSR count). The SMILES string of the molecule is COCCOc1ncccc1NC(=O)C1CCC(C(C)(C)C)CC1. The molecule has 1 saturated carbocycles. The van der Waals surface area contributed by atoms with Crippen LogP contribution in [-0.2, 0) is 9.53 Å². The van der Waals surface area contributed by atoms with Crippen LogP contribution >= 0.6 is 0 Å². The highest BCUT2D eigenvalue weighted by molar-refractivity contribution is 5.93. The Morgan fingerprint density at radius 3 is 2.58 bits per heavy atom. The Kier molecular flexibility index (Phi) is 6.60. The average molecular weight is 334 g/mol. The molecule has 1 heterocycles. The lowest BCUT2D eigenvalue weighted by Gasteiger charge is -2.36. The van der Waals surface area contributed by atoms with Crippen molar-refractivity contribution in [1.82, 2.24) is 4.98 Å². The van der Waals surface area contributed by atoms with E-state index in [0.29, 0.717) is 36.1 Å². The van der Waals surface area contributed by atoms with Crippen LogP contribution in [0, 0.1) is 17.3 Å². The lowest BCUT2D eigenvalue weighted by Crippen LogP contribution is -2.31.